The van der Waals surface area contributed by atoms with Gasteiger partial charge in [0.15, 0.2) is 16.9 Å². The van der Waals surface area contributed by atoms with Crippen LogP contribution in [0, 0.1) is 0 Å². The van der Waals surface area contributed by atoms with Crippen molar-refractivity contribution in [2.24, 2.45) is 0 Å². The predicted molar refractivity (Wildman–Crippen MR) is 133 cm³/mol. The largest absolute Gasteiger partial charge is 0.484 e. The van der Waals surface area contributed by atoms with E-state index in [0.717, 1.165) is 16.6 Å². The van der Waals surface area contributed by atoms with E-state index in [0.29, 0.717) is 10.9 Å². The fraction of sp³-hybridized carbons (Fsp3) is 0.375. The number of fused-ring (bicyclic) bond motifs is 1. The van der Waals surface area contributed by atoms with Crippen LogP contribution in [0.25, 0.3) is 10.2 Å². The van der Waals surface area contributed by atoms with Crippen molar-refractivity contribution in [1.82, 2.24) is 10.3 Å². The number of anilines is 1. The molecule has 0 aliphatic rings. The molecule has 1 heterocycles. The zero-order valence-corrected chi connectivity index (χ0v) is 20.1. The third-order valence-corrected chi connectivity index (χ3v) is 5.97. The molecule has 0 radical (unpaired) electrons. The molecule has 0 saturated carbocycles. The molecule has 0 bridgehead atoms. The van der Waals surface area contributed by atoms with Crippen molar-refractivity contribution in [3.8, 4) is 5.75 Å². The van der Waals surface area contributed by atoms with Crippen LogP contribution in [0.4, 0.5) is 5.13 Å². The number of unbranched alkanes of at least 4 members (excludes halogenated alkanes) is 1. The van der Waals surface area contributed by atoms with Gasteiger partial charge in [-0.05, 0) is 65.9 Å². The maximum absolute atomic E-state index is 12.2. The number of nitrogens with one attached hydrogen (secondary N) is 2. The van der Waals surface area contributed by atoms with Gasteiger partial charge in [-0.3, -0.25) is 10.1 Å². The van der Waals surface area contributed by atoms with E-state index in [4.69, 9.17) is 17.0 Å². The molecule has 0 fully saturated rings. The molecule has 2 N–H and O–H groups in total. The molecule has 0 spiro atoms. The molecule has 0 unspecified atom stereocenters. The fourth-order valence-electron chi connectivity index (χ4n) is 3.05. The van der Waals surface area contributed by atoms with Gasteiger partial charge in [-0.25, -0.2) is 4.98 Å². The lowest BCUT2D eigenvalue weighted by atomic mass is 9.87. The van der Waals surface area contributed by atoms with E-state index in [9.17, 15) is 4.79 Å². The molecule has 0 saturated heterocycles. The molecule has 0 atom stereocenters. The number of thiazole rings is 1. The number of ether oxygens (including phenoxy) is 1. The topological polar surface area (TPSA) is 63.2 Å². The van der Waals surface area contributed by atoms with Gasteiger partial charge in [0.05, 0.1) is 10.2 Å². The molecule has 31 heavy (non-hydrogen) atoms. The minimum atomic E-state index is -0.319. The third kappa shape index (κ3) is 6.74. The molecule has 3 rings (SSSR count). The lowest BCUT2D eigenvalue weighted by molar-refractivity contribution is -0.121. The second-order valence-corrected chi connectivity index (χ2v) is 9.93. The number of nitrogens with zero attached hydrogens (tertiary/aromatic N) is 1. The van der Waals surface area contributed by atoms with Gasteiger partial charge in [-0.15, -0.1) is 0 Å². The van der Waals surface area contributed by atoms with E-state index in [1.54, 1.807) is 0 Å². The predicted octanol–water partition coefficient (Wildman–Crippen LogP) is 5.83. The molecule has 0 aliphatic heterocycles. The molecule has 2 aromatic carbocycles. The SMILES string of the molecule is CCCCc1ccc2nc(NC(=S)NC(=O)COc3ccc(C(C)(C)C)cc3)sc2c1. The average molecular weight is 456 g/mol. The second-order valence-electron chi connectivity index (χ2n) is 8.49. The van der Waals surface area contributed by atoms with Gasteiger partial charge in [0.1, 0.15) is 5.75 Å². The second kappa shape index (κ2) is 10.2. The highest BCUT2D eigenvalue weighted by Gasteiger charge is 2.14. The fourth-order valence-corrected chi connectivity index (χ4v) is 4.26. The first-order valence-corrected chi connectivity index (χ1v) is 11.7. The summed E-state index contributed by atoms with van der Waals surface area (Å²) in [6.07, 6.45) is 3.42. The average Bonchev–Trinajstić information content (AvgIpc) is 3.11. The summed E-state index contributed by atoms with van der Waals surface area (Å²) in [5, 5.41) is 6.51. The highest BCUT2D eigenvalue weighted by Crippen LogP contribution is 2.27. The van der Waals surface area contributed by atoms with E-state index in [-0.39, 0.29) is 23.0 Å². The summed E-state index contributed by atoms with van der Waals surface area (Å²) >= 11 is 6.78. The number of hydrogen-bond acceptors (Lipinski definition) is 5. The first-order chi connectivity index (χ1) is 14.7. The van der Waals surface area contributed by atoms with Crippen molar-refractivity contribution in [3.63, 3.8) is 0 Å². The minimum absolute atomic E-state index is 0.0749. The van der Waals surface area contributed by atoms with Gasteiger partial charge in [-0.2, -0.15) is 0 Å². The lowest BCUT2D eigenvalue weighted by Gasteiger charge is -2.19. The lowest BCUT2D eigenvalue weighted by Crippen LogP contribution is -2.37. The van der Waals surface area contributed by atoms with E-state index < -0.39 is 0 Å². The van der Waals surface area contributed by atoms with Crippen molar-refractivity contribution in [1.29, 1.82) is 0 Å². The van der Waals surface area contributed by atoms with Gasteiger partial charge in [0.25, 0.3) is 5.91 Å². The number of hydrogen-bond donors (Lipinski definition) is 2. The molecule has 3 aromatic rings. The van der Waals surface area contributed by atoms with Crippen LogP contribution in [0.15, 0.2) is 42.5 Å². The Hall–Kier alpha value is -2.51. The quantitative estimate of drug-likeness (QED) is 0.439. The molecule has 164 valence electrons. The molecular formula is C24H29N3O2S2. The number of benzene rings is 2. The summed E-state index contributed by atoms with van der Waals surface area (Å²) in [5.41, 5.74) is 3.52. The number of aromatic nitrogens is 1. The first kappa shape index (κ1) is 23.2. The Morgan fingerprint density at radius 3 is 2.58 bits per heavy atom. The van der Waals surface area contributed by atoms with Crippen molar-refractivity contribution in [3.05, 3.63) is 53.6 Å². The number of aryl methyl sites for hydroxylation is 1. The maximum Gasteiger partial charge on any atom is 0.264 e. The first-order valence-electron chi connectivity index (χ1n) is 10.5. The number of carbonyl (C=O) groups is 1. The zero-order chi connectivity index (χ0) is 22.4. The van der Waals surface area contributed by atoms with Crippen LogP contribution in [0.3, 0.4) is 0 Å². The monoisotopic (exact) mass is 455 g/mol. The van der Waals surface area contributed by atoms with Crippen LogP contribution in [0.5, 0.6) is 5.75 Å². The van der Waals surface area contributed by atoms with Crippen molar-refractivity contribution in [2.45, 2.75) is 52.4 Å². The minimum Gasteiger partial charge on any atom is -0.484 e. The Kier molecular flexibility index (Phi) is 7.62. The molecule has 0 aliphatic carbocycles. The molecule has 7 heteroatoms. The highest BCUT2D eigenvalue weighted by molar-refractivity contribution is 7.80. The molecule has 5 nitrogen and oxygen atoms in total. The number of amides is 1. The van der Waals surface area contributed by atoms with Gasteiger partial charge in [0.2, 0.25) is 0 Å². The van der Waals surface area contributed by atoms with E-state index >= 15 is 0 Å². The Morgan fingerprint density at radius 1 is 1.16 bits per heavy atom. The Labute approximate surface area is 193 Å². The zero-order valence-electron chi connectivity index (χ0n) is 18.5. The van der Waals surface area contributed by atoms with Gasteiger partial charge in [0, 0.05) is 0 Å². The Bertz CT molecular complexity index is 1050. The van der Waals surface area contributed by atoms with Crippen LogP contribution in [-0.4, -0.2) is 22.6 Å². The highest BCUT2D eigenvalue weighted by atomic mass is 32.1. The normalized spacial score (nSPS) is 11.4. The van der Waals surface area contributed by atoms with E-state index in [1.165, 1.54) is 35.3 Å². The van der Waals surface area contributed by atoms with Crippen LogP contribution in [0.1, 0.15) is 51.7 Å². The van der Waals surface area contributed by atoms with Gasteiger partial charge < -0.3 is 10.1 Å². The van der Waals surface area contributed by atoms with Crippen LogP contribution in [0.2, 0.25) is 0 Å². The van der Waals surface area contributed by atoms with Crippen LogP contribution < -0.4 is 15.4 Å². The molecule has 1 amide bonds. The summed E-state index contributed by atoms with van der Waals surface area (Å²) in [6, 6.07) is 14.1. The Morgan fingerprint density at radius 2 is 1.90 bits per heavy atom. The van der Waals surface area contributed by atoms with Crippen molar-refractivity contribution in [2.75, 3.05) is 11.9 Å². The smallest absolute Gasteiger partial charge is 0.264 e. The van der Waals surface area contributed by atoms with Crippen LogP contribution >= 0.6 is 23.6 Å². The number of carbonyl (C=O) groups excluding carboxylic acids is 1. The summed E-state index contributed by atoms with van der Waals surface area (Å²) in [6.45, 7) is 8.54. The molecule has 1 aromatic heterocycles. The van der Waals surface area contributed by atoms with Crippen molar-refractivity contribution < 1.29 is 9.53 Å². The molecular weight excluding hydrogens is 426 g/mol. The van der Waals surface area contributed by atoms with E-state index in [1.807, 2.05) is 30.3 Å². The van der Waals surface area contributed by atoms with E-state index in [2.05, 4.69) is 55.4 Å². The summed E-state index contributed by atoms with van der Waals surface area (Å²) in [4.78, 5) is 16.7. The van der Waals surface area contributed by atoms with Crippen molar-refractivity contribution >= 4 is 49.9 Å². The number of thiocarbonyl (C=S) groups is 1. The summed E-state index contributed by atoms with van der Waals surface area (Å²) in [7, 11) is 0. The summed E-state index contributed by atoms with van der Waals surface area (Å²) in [5.74, 6) is 0.326. The Balaban J connectivity index is 1.50. The van der Waals surface area contributed by atoms with Gasteiger partial charge in [-0.1, -0.05) is 63.7 Å². The third-order valence-electron chi connectivity index (χ3n) is 4.84. The number of rotatable bonds is 7. The summed E-state index contributed by atoms with van der Waals surface area (Å²) < 4.78 is 6.67. The maximum atomic E-state index is 12.2. The standard InChI is InChI=1S/C24H29N3O2S2/c1-5-6-7-16-8-13-19-20(14-16)31-23(25-19)27-22(30)26-21(28)15-29-18-11-9-17(10-12-18)24(2,3)4/h8-14H,5-7,15H2,1-4H3,(H2,25,26,27,28,30). The van der Waals surface area contributed by atoms with Gasteiger partial charge >= 0.3 is 0 Å². The van der Waals surface area contributed by atoms with Crippen LogP contribution in [-0.2, 0) is 16.6 Å².